The molecule has 0 unspecified atom stereocenters. The van der Waals surface area contributed by atoms with E-state index in [-0.39, 0.29) is 22.2 Å². The number of aryl methyl sites for hydroxylation is 1. The van der Waals surface area contributed by atoms with Crippen LogP contribution in [0.3, 0.4) is 0 Å². The zero-order valence-electron chi connectivity index (χ0n) is 31.1. The van der Waals surface area contributed by atoms with E-state index < -0.39 is 26.5 Å². The number of hydrogen-bond acceptors (Lipinski definition) is 11. The first-order valence-corrected chi connectivity index (χ1v) is 20.8. The highest BCUT2D eigenvalue weighted by atomic mass is 32.2. The van der Waals surface area contributed by atoms with Crippen LogP contribution in [0.25, 0.3) is 11.1 Å². The van der Waals surface area contributed by atoms with E-state index in [1.807, 2.05) is 54.6 Å². The Morgan fingerprint density at radius 3 is 2.48 bits per heavy atom. The second-order valence-corrected chi connectivity index (χ2v) is 16.5. The molecule has 0 radical (unpaired) electrons. The van der Waals surface area contributed by atoms with Crippen LogP contribution in [0.5, 0.6) is 11.5 Å². The Labute approximate surface area is 331 Å². The molecule has 2 N–H and O–H groups in total. The number of para-hydroxylation sites is 1. The summed E-state index contributed by atoms with van der Waals surface area (Å²) < 4.78 is 40.1. The van der Waals surface area contributed by atoms with Crippen LogP contribution < -0.4 is 24.4 Å². The van der Waals surface area contributed by atoms with E-state index in [0.717, 1.165) is 72.4 Å². The Balaban J connectivity index is 0.987. The second-order valence-electron chi connectivity index (χ2n) is 13.6. The van der Waals surface area contributed by atoms with Gasteiger partial charge in [-0.25, -0.2) is 13.1 Å². The molecule has 1 saturated heterocycles. The Morgan fingerprint density at radius 1 is 0.911 bits per heavy atom. The Hall–Kier alpha value is -5.57. The van der Waals surface area contributed by atoms with Crippen molar-refractivity contribution < 1.29 is 27.6 Å². The molecule has 0 aliphatic carbocycles. The number of carbonyl (C=O) groups is 1. The largest absolute Gasteiger partial charge is 0.493 e. The molecule has 7 rings (SSSR count). The van der Waals surface area contributed by atoms with Crippen LogP contribution >= 0.6 is 11.8 Å². The second kappa shape index (κ2) is 17.1. The molecule has 290 valence electrons. The monoisotopic (exact) mass is 793 g/mol. The number of carbonyl (C=O) groups excluding carboxylic acids is 1. The summed E-state index contributed by atoms with van der Waals surface area (Å²) in [4.78, 5) is 30.2. The van der Waals surface area contributed by atoms with Crippen molar-refractivity contribution in [1.29, 1.82) is 0 Å². The van der Waals surface area contributed by atoms with Crippen LogP contribution in [0.1, 0.15) is 27.9 Å². The van der Waals surface area contributed by atoms with E-state index in [1.165, 1.54) is 17.7 Å². The third-order valence-electron chi connectivity index (χ3n) is 10.2. The maximum Gasteiger partial charge on any atom is 0.293 e. The summed E-state index contributed by atoms with van der Waals surface area (Å²) in [7, 11) is -1.11. The molecule has 5 aromatic rings. The first-order chi connectivity index (χ1) is 27.1. The van der Waals surface area contributed by atoms with E-state index in [1.54, 1.807) is 38.1 Å². The molecule has 0 spiro atoms. The van der Waals surface area contributed by atoms with Gasteiger partial charge in [0.1, 0.15) is 5.69 Å². The van der Waals surface area contributed by atoms with Crippen molar-refractivity contribution in [2.24, 2.45) is 0 Å². The van der Waals surface area contributed by atoms with Gasteiger partial charge in [0.15, 0.2) is 11.5 Å². The molecule has 2 aliphatic rings. The first-order valence-electron chi connectivity index (χ1n) is 18.3. The van der Waals surface area contributed by atoms with Crippen LogP contribution in [0, 0.1) is 10.1 Å². The fourth-order valence-corrected chi connectivity index (χ4v) is 9.29. The van der Waals surface area contributed by atoms with Gasteiger partial charge in [0, 0.05) is 72.3 Å². The van der Waals surface area contributed by atoms with Gasteiger partial charge in [-0.05, 0) is 78.1 Å². The minimum Gasteiger partial charge on any atom is -0.493 e. The van der Waals surface area contributed by atoms with E-state index in [2.05, 4.69) is 44.1 Å². The summed E-state index contributed by atoms with van der Waals surface area (Å²) in [5.41, 5.74) is 5.31. The third kappa shape index (κ3) is 8.47. The molecule has 2 heterocycles. The topological polar surface area (TPSA) is 143 Å². The molecule has 1 fully saturated rings. The van der Waals surface area contributed by atoms with Crippen molar-refractivity contribution in [2.45, 2.75) is 35.2 Å². The summed E-state index contributed by atoms with van der Waals surface area (Å²) >= 11 is 1.59. The number of nitro benzene ring substituents is 1. The quantitative estimate of drug-likeness (QED) is 0.0509. The van der Waals surface area contributed by atoms with Crippen molar-refractivity contribution in [3.05, 3.63) is 136 Å². The number of benzene rings is 5. The molecule has 1 atom stereocenters. The molecule has 5 aromatic carbocycles. The number of nitro groups is 1. The van der Waals surface area contributed by atoms with Gasteiger partial charge in [-0.3, -0.25) is 19.8 Å². The molecular formula is C42H43N5O7S2. The summed E-state index contributed by atoms with van der Waals surface area (Å²) in [6, 6.07) is 33.2. The number of ether oxygens (including phenoxy) is 2. The lowest BCUT2D eigenvalue weighted by Crippen LogP contribution is -2.54. The van der Waals surface area contributed by atoms with Gasteiger partial charge in [0.25, 0.3) is 21.6 Å². The number of amides is 1. The number of methoxy groups -OCH3 is 2. The molecular weight excluding hydrogens is 751 g/mol. The number of anilines is 2. The van der Waals surface area contributed by atoms with Gasteiger partial charge in [0.2, 0.25) is 0 Å². The molecule has 0 bridgehead atoms. The average Bonchev–Trinajstić information content (AvgIpc) is 3.22. The number of fused-ring (bicyclic) bond motifs is 3. The molecule has 56 heavy (non-hydrogen) atoms. The van der Waals surface area contributed by atoms with Crippen LogP contribution in [0.4, 0.5) is 17.1 Å². The highest BCUT2D eigenvalue weighted by Crippen LogP contribution is 2.40. The lowest BCUT2D eigenvalue weighted by atomic mass is 9.92. The van der Waals surface area contributed by atoms with Crippen molar-refractivity contribution in [3.8, 4) is 22.6 Å². The van der Waals surface area contributed by atoms with Crippen molar-refractivity contribution >= 4 is 44.8 Å². The first kappa shape index (κ1) is 38.7. The van der Waals surface area contributed by atoms with Crippen LogP contribution in [-0.4, -0.2) is 76.3 Å². The minimum absolute atomic E-state index is 0.196. The predicted octanol–water partition coefficient (Wildman–Crippen LogP) is 7.24. The number of nitrogens with zero attached hydrogens (tertiary/aromatic N) is 3. The number of nitrogens with one attached hydrogen (secondary N) is 2. The summed E-state index contributed by atoms with van der Waals surface area (Å²) in [5.74, 6) is 1.24. The van der Waals surface area contributed by atoms with Crippen molar-refractivity contribution in [1.82, 2.24) is 9.62 Å². The van der Waals surface area contributed by atoms with E-state index in [0.29, 0.717) is 23.8 Å². The van der Waals surface area contributed by atoms with Gasteiger partial charge < -0.3 is 19.7 Å². The Bertz CT molecular complexity index is 2340. The molecule has 14 heteroatoms. The van der Waals surface area contributed by atoms with Gasteiger partial charge >= 0.3 is 0 Å². The molecule has 12 nitrogen and oxygen atoms in total. The van der Waals surface area contributed by atoms with Gasteiger partial charge in [-0.15, -0.1) is 11.8 Å². The molecule has 0 saturated carbocycles. The zero-order valence-corrected chi connectivity index (χ0v) is 32.8. The van der Waals surface area contributed by atoms with Gasteiger partial charge in [-0.2, -0.15) is 0 Å². The Kier molecular flexibility index (Phi) is 11.8. The molecule has 1 amide bonds. The van der Waals surface area contributed by atoms with Crippen molar-refractivity contribution in [3.63, 3.8) is 0 Å². The van der Waals surface area contributed by atoms with Gasteiger partial charge in [-0.1, -0.05) is 54.6 Å². The molecule has 0 aromatic heterocycles. The van der Waals surface area contributed by atoms with Crippen LogP contribution in [-0.2, 0) is 23.0 Å². The molecule has 2 aliphatic heterocycles. The fraction of sp³-hybridized carbons (Fsp3) is 0.262. The van der Waals surface area contributed by atoms with E-state index in [9.17, 15) is 23.3 Å². The SMILES string of the molecule is COc1cccc(-c2ccccc2CN2CCN3c4ccc(C(=O)NS(=O)(=O)c5ccc(NCCSc6ccccc6)c([N+](=O)[O-])c5)cc4CC[C@H]3C2)c1OC. The summed E-state index contributed by atoms with van der Waals surface area (Å²) in [6.45, 7) is 3.71. The number of thioether (sulfide) groups is 1. The van der Waals surface area contributed by atoms with Gasteiger partial charge in [0.05, 0.1) is 24.0 Å². The van der Waals surface area contributed by atoms with E-state index in [4.69, 9.17) is 9.47 Å². The third-order valence-corrected chi connectivity index (χ3v) is 12.5. The lowest BCUT2D eigenvalue weighted by molar-refractivity contribution is -0.384. The fourth-order valence-electron chi connectivity index (χ4n) is 7.51. The standard InChI is InChI=1S/C42H43N5O7S2/c1-53-40-14-8-13-36(41(40)54-2)35-12-7-6-9-31(35)27-45-22-23-46-32(28-45)17-15-29-25-30(16-20-38(29)46)42(48)44-56(51,52)34-18-19-37(39(26-34)47(49)50)43-21-24-55-33-10-4-3-5-11-33/h3-14,16,18-20,25-26,32,43H,15,17,21-24,27-28H2,1-2H3,(H,44,48)/t32-/m0/s1. The lowest BCUT2D eigenvalue weighted by Gasteiger charge is -2.46. The highest BCUT2D eigenvalue weighted by molar-refractivity contribution is 7.99. The predicted molar refractivity (Wildman–Crippen MR) is 220 cm³/mol. The minimum atomic E-state index is -4.41. The van der Waals surface area contributed by atoms with Crippen molar-refractivity contribution in [2.75, 3.05) is 56.4 Å². The Morgan fingerprint density at radius 2 is 1.70 bits per heavy atom. The summed E-state index contributed by atoms with van der Waals surface area (Å²) in [5, 5.41) is 14.9. The highest BCUT2D eigenvalue weighted by Gasteiger charge is 2.33. The number of hydrogen-bond donors (Lipinski definition) is 2. The number of rotatable bonds is 14. The average molecular weight is 794 g/mol. The van der Waals surface area contributed by atoms with E-state index >= 15 is 0 Å². The zero-order chi connectivity index (χ0) is 39.2. The maximum absolute atomic E-state index is 13.3. The number of sulfonamides is 1. The smallest absolute Gasteiger partial charge is 0.293 e. The van der Waals surface area contributed by atoms with Crippen LogP contribution in [0.2, 0.25) is 0 Å². The maximum atomic E-state index is 13.3. The number of piperazine rings is 1. The van der Waals surface area contributed by atoms with Crippen LogP contribution in [0.15, 0.2) is 119 Å². The summed E-state index contributed by atoms with van der Waals surface area (Å²) in [6.07, 6.45) is 1.62. The normalized spacial score (nSPS) is 15.3.